The van der Waals surface area contributed by atoms with Gasteiger partial charge in [0.1, 0.15) is 13.1 Å². The zero-order chi connectivity index (χ0) is 32.1. The lowest BCUT2D eigenvalue weighted by atomic mass is 10.1. The van der Waals surface area contributed by atoms with E-state index in [0.29, 0.717) is 0 Å². The molecule has 0 amide bonds. The van der Waals surface area contributed by atoms with Crippen LogP contribution in [0.25, 0.3) is 11.1 Å². The SMILES string of the molecule is c1ccc2c(c1)Sc1ccccc1N2CCCC[n+]1ccc(-c2cc[n+](CCCCN3c4ccccc4Sc4ccccc43)cc2)cc1. The Morgan fingerprint density at radius 2 is 0.688 bits per heavy atom. The van der Waals surface area contributed by atoms with Crippen LogP contribution in [0.15, 0.2) is 166 Å². The fourth-order valence-electron chi connectivity index (χ4n) is 6.77. The lowest BCUT2D eigenvalue weighted by Crippen LogP contribution is -2.33. The summed E-state index contributed by atoms with van der Waals surface area (Å²) in [7, 11) is 0. The number of anilines is 4. The van der Waals surface area contributed by atoms with E-state index in [2.05, 4.69) is 165 Å². The lowest BCUT2D eigenvalue weighted by molar-refractivity contribution is -0.697. The number of nitrogens with zero attached hydrogens (tertiary/aromatic N) is 4. The average Bonchev–Trinajstić information content (AvgIpc) is 3.14. The van der Waals surface area contributed by atoms with E-state index in [9.17, 15) is 0 Å². The molecule has 6 aromatic rings. The first-order valence-corrected chi connectivity index (χ1v) is 18.7. The first-order valence-electron chi connectivity index (χ1n) is 17.1. The lowest BCUT2D eigenvalue weighted by Gasteiger charge is -2.32. The van der Waals surface area contributed by atoms with Crippen molar-refractivity contribution in [2.24, 2.45) is 0 Å². The number of fused-ring (bicyclic) bond motifs is 4. The van der Waals surface area contributed by atoms with Crippen LogP contribution in [-0.2, 0) is 13.1 Å². The van der Waals surface area contributed by atoms with Crippen molar-refractivity contribution >= 4 is 46.3 Å². The molecule has 6 heteroatoms. The fraction of sp³-hybridized carbons (Fsp3) is 0.190. The van der Waals surface area contributed by atoms with Crippen molar-refractivity contribution < 1.29 is 9.13 Å². The van der Waals surface area contributed by atoms with E-state index in [0.717, 1.165) is 51.9 Å². The molecular weight excluding hydrogens is 625 g/mol. The summed E-state index contributed by atoms with van der Waals surface area (Å²) in [5.74, 6) is 0. The van der Waals surface area contributed by atoms with Gasteiger partial charge in [-0.25, -0.2) is 9.13 Å². The normalized spacial score (nSPS) is 13.0. The molecule has 0 atom stereocenters. The van der Waals surface area contributed by atoms with E-state index in [-0.39, 0.29) is 0 Å². The van der Waals surface area contributed by atoms with Gasteiger partial charge in [0.05, 0.1) is 22.7 Å². The van der Waals surface area contributed by atoms with Crippen LogP contribution in [0, 0.1) is 0 Å². The third kappa shape index (κ3) is 6.60. The summed E-state index contributed by atoms with van der Waals surface area (Å²) >= 11 is 3.76. The number of aryl methyl sites for hydroxylation is 2. The van der Waals surface area contributed by atoms with E-state index in [4.69, 9.17) is 0 Å². The maximum atomic E-state index is 2.50. The molecule has 238 valence electrons. The third-order valence-electron chi connectivity index (χ3n) is 9.28. The molecule has 4 heterocycles. The van der Waals surface area contributed by atoms with Gasteiger partial charge < -0.3 is 9.80 Å². The van der Waals surface area contributed by atoms with Gasteiger partial charge in [0, 0.05) is 69.8 Å². The minimum absolute atomic E-state index is 1.02. The molecule has 0 unspecified atom stereocenters. The highest BCUT2D eigenvalue weighted by atomic mass is 32.2. The molecule has 0 spiro atoms. The Hall–Kier alpha value is -4.52. The fourth-order valence-corrected chi connectivity index (χ4v) is 8.96. The number of unbranched alkanes of at least 4 members (excludes halogenated alkanes) is 2. The number of aromatic nitrogens is 2. The number of rotatable bonds is 11. The second-order valence-electron chi connectivity index (χ2n) is 12.4. The highest BCUT2D eigenvalue weighted by Crippen LogP contribution is 2.49. The first-order chi connectivity index (χ1) is 23.8. The van der Waals surface area contributed by atoms with Crippen LogP contribution < -0.4 is 18.9 Å². The molecule has 0 saturated carbocycles. The summed E-state index contributed by atoms with van der Waals surface area (Å²) in [6, 6.07) is 44.1. The van der Waals surface area contributed by atoms with Crippen molar-refractivity contribution in [3.8, 4) is 11.1 Å². The summed E-state index contributed by atoms with van der Waals surface area (Å²) in [5.41, 5.74) is 7.84. The molecule has 0 radical (unpaired) electrons. The van der Waals surface area contributed by atoms with Crippen LogP contribution in [0.2, 0.25) is 0 Å². The summed E-state index contributed by atoms with van der Waals surface area (Å²) in [6.45, 7) is 4.09. The second-order valence-corrected chi connectivity index (χ2v) is 14.6. The highest BCUT2D eigenvalue weighted by Gasteiger charge is 2.23. The topological polar surface area (TPSA) is 14.2 Å². The molecule has 8 rings (SSSR count). The Morgan fingerprint density at radius 1 is 0.375 bits per heavy atom. The van der Waals surface area contributed by atoms with Gasteiger partial charge in [-0.3, -0.25) is 0 Å². The summed E-state index contributed by atoms with van der Waals surface area (Å²) in [4.78, 5) is 10.4. The number of pyridine rings is 2. The van der Waals surface area contributed by atoms with Crippen LogP contribution in [0.3, 0.4) is 0 Å². The van der Waals surface area contributed by atoms with Crippen LogP contribution in [0.1, 0.15) is 25.7 Å². The molecule has 0 saturated heterocycles. The Labute approximate surface area is 292 Å². The molecule has 0 aliphatic carbocycles. The number of para-hydroxylation sites is 4. The summed E-state index contributed by atoms with van der Waals surface area (Å²) < 4.78 is 4.64. The van der Waals surface area contributed by atoms with Crippen LogP contribution in [0.4, 0.5) is 22.7 Å². The predicted octanol–water partition coefficient (Wildman–Crippen LogP) is 10.1. The first kappa shape index (κ1) is 30.8. The van der Waals surface area contributed by atoms with Gasteiger partial charge >= 0.3 is 0 Å². The summed E-state index contributed by atoms with van der Waals surface area (Å²) in [5, 5.41) is 0. The quantitative estimate of drug-likeness (QED) is 0.101. The van der Waals surface area contributed by atoms with Gasteiger partial charge in [0.25, 0.3) is 0 Å². The second kappa shape index (κ2) is 14.3. The van der Waals surface area contributed by atoms with E-state index in [1.807, 2.05) is 23.5 Å². The number of hydrogen-bond donors (Lipinski definition) is 0. The smallest absolute Gasteiger partial charge is 0.169 e. The van der Waals surface area contributed by atoms with Gasteiger partial charge in [0.2, 0.25) is 0 Å². The minimum Gasteiger partial charge on any atom is -0.340 e. The molecule has 0 bridgehead atoms. The molecule has 0 fully saturated rings. The van der Waals surface area contributed by atoms with Crippen molar-refractivity contribution in [2.45, 2.75) is 58.4 Å². The Balaban J connectivity index is 0.818. The maximum absolute atomic E-state index is 2.50. The number of hydrogen-bond acceptors (Lipinski definition) is 4. The van der Waals surface area contributed by atoms with E-state index in [1.54, 1.807) is 0 Å². The van der Waals surface area contributed by atoms with Crippen molar-refractivity contribution in [2.75, 3.05) is 22.9 Å². The monoisotopic (exact) mass is 664 g/mol. The molecule has 4 aromatic carbocycles. The predicted molar refractivity (Wildman–Crippen MR) is 199 cm³/mol. The Morgan fingerprint density at radius 3 is 1.02 bits per heavy atom. The van der Waals surface area contributed by atoms with E-state index >= 15 is 0 Å². The standard InChI is InChI=1S/C42H40N4S2/c1-5-17-39-35(13-1)45(36-14-2-6-18-40(36)47-39)27-11-9-25-43-29-21-33(22-30-43)34-23-31-44(32-24-34)26-10-12-28-46-37-15-3-7-19-41(37)48-42-20-8-4-16-38(42)46/h1-8,13-24,29-32H,9-12,25-28H2/q+2. The van der Waals surface area contributed by atoms with Gasteiger partial charge in [-0.2, -0.15) is 0 Å². The molecule has 2 aliphatic rings. The maximum Gasteiger partial charge on any atom is 0.169 e. The molecule has 48 heavy (non-hydrogen) atoms. The third-order valence-corrected chi connectivity index (χ3v) is 11.5. The van der Waals surface area contributed by atoms with E-state index < -0.39 is 0 Å². The van der Waals surface area contributed by atoms with Crippen molar-refractivity contribution in [3.63, 3.8) is 0 Å². The van der Waals surface area contributed by atoms with Crippen molar-refractivity contribution in [1.82, 2.24) is 0 Å². The van der Waals surface area contributed by atoms with Crippen LogP contribution >= 0.6 is 23.5 Å². The molecule has 4 nitrogen and oxygen atoms in total. The molecule has 2 aliphatic heterocycles. The van der Waals surface area contributed by atoms with Crippen molar-refractivity contribution in [3.05, 3.63) is 146 Å². The van der Waals surface area contributed by atoms with Gasteiger partial charge in [-0.1, -0.05) is 72.1 Å². The summed E-state index contributed by atoms with van der Waals surface area (Å²) in [6.07, 6.45) is 13.5. The molecule has 0 N–H and O–H groups in total. The van der Waals surface area contributed by atoms with Gasteiger partial charge in [-0.05, 0) is 72.5 Å². The zero-order valence-corrected chi connectivity index (χ0v) is 28.8. The Bertz CT molecular complexity index is 1770. The minimum atomic E-state index is 1.02. The average molecular weight is 665 g/mol. The van der Waals surface area contributed by atoms with Crippen molar-refractivity contribution in [1.29, 1.82) is 0 Å². The van der Waals surface area contributed by atoms with Crippen LogP contribution in [-0.4, -0.2) is 13.1 Å². The van der Waals surface area contributed by atoms with Crippen LogP contribution in [0.5, 0.6) is 0 Å². The Kier molecular flexibility index (Phi) is 9.18. The molecule has 2 aromatic heterocycles. The zero-order valence-electron chi connectivity index (χ0n) is 27.1. The largest absolute Gasteiger partial charge is 0.340 e. The van der Waals surface area contributed by atoms with Gasteiger partial charge in [-0.15, -0.1) is 0 Å². The van der Waals surface area contributed by atoms with E-state index in [1.165, 1.54) is 53.5 Å². The number of benzene rings is 4. The molecular formula is C42H40N4S2+2. The van der Waals surface area contributed by atoms with Gasteiger partial charge in [0.15, 0.2) is 24.8 Å². The highest BCUT2D eigenvalue weighted by molar-refractivity contribution is 8.00.